The summed E-state index contributed by atoms with van der Waals surface area (Å²) in [6, 6.07) is 13.9. The highest BCUT2D eigenvalue weighted by Gasteiger charge is 2.15. The van der Waals surface area contributed by atoms with Crippen LogP contribution in [0.15, 0.2) is 48.5 Å². The zero-order valence-electron chi connectivity index (χ0n) is 15.6. The van der Waals surface area contributed by atoms with Gasteiger partial charge in [0.2, 0.25) is 5.91 Å². The second-order valence-electron chi connectivity index (χ2n) is 6.07. The highest BCUT2D eigenvalue weighted by molar-refractivity contribution is 6.30. The van der Waals surface area contributed by atoms with Crippen LogP contribution in [-0.4, -0.2) is 49.5 Å². The minimum atomic E-state index is -0.703. The van der Waals surface area contributed by atoms with Crippen LogP contribution < -0.4 is 10.1 Å². The van der Waals surface area contributed by atoms with E-state index in [2.05, 4.69) is 5.32 Å². The van der Waals surface area contributed by atoms with Gasteiger partial charge in [-0.15, -0.1) is 0 Å². The van der Waals surface area contributed by atoms with Crippen LogP contribution in [0.25, 0.3) is 0 Å². The molecule has 0 aliphatic carbocycles. The average molecular weight is 405 g/mol. The topological polar surface area (TPSA) is 84.9 Å². The van der Waals surface area contributed by atoms with E-state index >= 15 is 0 Å². The zero-order valence-corrected chi connectivity index (χ0v) is 16.4. The maximum atomic E-state index is 12.0. The number of carbonyl (C=O) groups excluding carboxylic acids is 3. The molecule has 2 amide bonds. The lowest BCUT2D eigenvalue weighted by Gasteiger charge is -2.17. The molecule has 148 valence electrons. The molecular formula is C20H21ClN2O5. The van der Waals surface area contributed by atoms with Gasteiger partial charge in [0.15, 0.2) is 13.2 Å². The molecule has 2 aromatic rings. The molecule has 7 nitrogen and oxygen atoms in total. The summed E-state index contributed by atoms with van der Waals surface area (Å²) in [6.07, 6.45) is 0. The molecule has 0 aliphatic heterocycles. The van der Waals surface area contributed by atoms with E-state index in [4.69, 9.17) is 21.1 Å². The Bertz CT molecular complexity index is 839. The molecule has 8 heteroatoms. The standard InChI is InChI=1S/C20H21ClN2O5/c1-14-6-8-16(9-7-14)22-18(24)11-23(2)19(25)12-28-20(26)13-27-17-5-3-4-15(21)10-17/h3-10H,11-13H2,1-2H3,(H,22,24). The molecule has 0 unspecified atom stereocenters. The van der Waals surface area contributed by atoms with E-state index in [0.717, 1.165) is 5.56 Å². The molecular weight excluding hydrogens is 384 g/mol. The number of hydrogen-bond donors (Lipinski definition) is 1. The first kappa shape index (κ1) is 21.2. The molecule has 0 fully saturated rings. The number of aryl methyl sites for hydroxylation is 1. The number of esters is 1. The molecule has 0 saturated heterocycles. The van der Waals surface area contributed by atoms with Crippen molar-refractivity contribution in [3.63, 3.8) is 0 Å². The molecule has 0 spiro atoms. The number of hydrogen-bond acceptors (Lipinski definition) is 5. The number of rotatable bonds is 8. The number of nitrogens with one attached hydrogen (secondary N) is 1. The normalized spacial score (nSPS) is 10.1. The largest absolute Gasteiger partial charge is 0.482 e. The Kier molecular flexibility index (Phi) is 7.83. The molecule has 0 heterocycles. The maximum absolute atomic E-state index is 12.0. The highest BCUT2D eigenvalue weighted by atomic mass is 35.5. The SMILES string of the molecule is Cc1ccc(NC(=O)CN(C)C(=O)COC(=O)COc2cccc(Cl)c2)cc1. The maximum Gasteiger partial charge on any atom is 0.344 e. The van der Waals surface area contributed by atoms with Crippen LogP contribution in [0.3, 0.4) is 0 Å². The van der Waals surface area contributed by atoms with Crippen LogP contribution in [0.4, 0.5) is 5.69 Å². The van der Waals surface area contributed by atoms with Crippen molar-refractivity contribution in [3.8, 4) is 5.75 Å². The fourth-order valence-corrected chi connectivity index (χ4v) is 2.31. The fraction of sp³-hybridized carbons (Fsp3) is 0.250. The van der Waals surface area contributed by atoms with Gasteiger partial charge in [-0.25, -0.2) is 4.79 Å². The minimum Gasteiger partial charge on any atom is -0.482 e. The highest BCUT2D eigenvalue weighted by Crippen LogP contribution is 2.16. The van der Waals surface area contributed by atoms with Crippen molar-refractivity contribution in [3.05, 3.63) is 59.1 Å². The number of ether oxygens (including phenoxy) is 2. The Hall–Kier alpha value is -3.06. The monoisotopic (exact) mass is 404 g/mol. The van der Waals surface area contributed by atoms with Crippen LogP contribution in [0, 0.1) is 6.92 Å². The lowest BCUT2D eigenvalue weighted by Crippen LogP contribution is -2.37. The number of carbonyl (C=O) groups is 3. The Labute approximate surface area is 168 Å². The van der Waals surface area contributed by atoms with E-state index in [1.165, 1.54) is 11.9 Å². The molecule has 0 aliphatic rings. The Balaban J connectivity index is 1.70. The molecule has 0 bridgehead atoms. The van der Waals surface area contributed by atoms with Gasteiger partial charge in [0.05, 0.1) is 6.54 Å². The zero-order chi connectivity index (χ0) is 20.5. The summed E-state index contributed by atoms with van der Waals surface area (Å²) in [5, 5.41) is 3.17. The van der Waals surface area contributed by atoms with E-state index in [1.807, 2.05) is 19.1 Å². The molecule has 28 heavy (non-hydrogen) atoms. The smallest absolute Gasteiger partial charge is 0.344 e. The third-order valence-electron chi connectivity index (χ3n) is 3.65. The number of amides is 2. The number of benzene rings is 2. The Morgan fingerprint density at radius 1 is 1.07 bits per heavy atom. The van der Waals surface area contributed by atoms with E-state index in [0.29, 0.717) is 16.5 Å². The Morgan fingerprint density at radius 2 is 1.79 bits per heavy atom. The summed E-state index contributed by atoms with van der Waals surface area (Å²) in [6.45, 7) is 0.944. The van der Waals surface area contributed by atoms with Crippen molar-refractivity contribution in [1.29, 1.82) is 0 Å². The summed E-state index contributed by atoms with van der Waals surface area (Å²) in [5.74, 6) is -1.14. The number of anilines is 1. The van der Waals surface area contributed by atoms with Gasteiger partial charge < -0.3 is 19.7 Å². The third kappa shape index (κ3) is 7.28. The lowest BCUT2D eigenvalue weighted by atomic mass is 10.2. The molecule has 0 saturated carbocycles. The predicted molar refractivity (Wildman–Crippen MR) is 105 cm³/mol. The first-order chi connectivity index (χ1) is 13.3. The van der Waals surface area contributed by atoms with Crippen LogP contribution in [0.1, 0.15) is 5.56 Å². The summed E-state index contributed by atoms with van der Waals surface area (Å²) in [4.78, 5) is 36.9. The Morgan fingerprint density at radius 3 is 2.46 bits per heavy atom. The van der Waals surface area contributed by atoms with E-state index in [9.17, 15) is 14.4 Å². The van der Waals surface area contributed by atoms with Gasteiger partial charge >= 0.3 is 5.97 Å². The van der Waals surface area contributed by atoms with Gasteiger partial charge in [-0.3, -0.25) is 9.59 Å². The summed E-state index contributed by atoms with van der Waals surface area (Å²) in [5.41, 5.74) is 1.72. The first-order valence-corrected chi connectivity index (χ1v) is 8.86. The van der Waals surface area contributed by atoms with Crippen molar-refractivity contribution in [2.75, 3.05) is 32.1 Å². The van der Waals surface area contributed by atoms with Gasteiger partial charge in [-0.2, -0.15) is 0 Å². The number of nitrogens with zero attached hydrogens (tertiary/aromatic N) is 1. The molecule has 2 aromatic carbocycles. The first-order valence-electron chi connectivity index (χ1n) is 8.48. The minimum absolute atomic E-state index is 0.163. The van der Waals surface area contributed by atoms with Crippen LogP contribution in [0.2, 0.25) is 5.02 Å². The second-order valence-corrected chi connectivity index (χ2v) is 6.51. The predicted octanol–water partition coefficient (Wildman–Crippen LogP) is 2.67. The van der Waals surface area contributed by atoms with Crippen molar-refractivity contribution >= 4 is 35.1 Å². The number of likely N-dealkylation sites (N-methyl/N-ethyl adjacent to an activating group) is 1. The average Bonchev–Trinajstić information content (AvgIpc) is 2.66. The molecule has 1 N–H and O–H groups in total. The third-order valence-corrected chi connectivity index (χ3v) is 3.89. The van der Waals surface area contributed by atoms with Crippen molar-refractivity contribution in [2.45, 2.75) is 6.92 Å². The molecule has 0 aromatic heterocycles. The van der Waals surface area contributed by atoms with Crippen LogP contribution >= 0.6 is 11.6 Å². The quantitative estimate of drug-likeness (QED) is 0.684. The lowest BCUT2D eigenvalue weighted by molar-refractivity contribution is -0.153. The van der Waals surface area contributed by atoms with Gasteiger partial charge in [-0.1, -0.05) is 35.4 Å². The number of halogens is 1. The second kappa shape index (κ2) is 10.3. The van der Waals surface area contributed by atoms with Gasteiger partial charge in [0, 0.05) is 17.8 Å². The van der Waals surface area contributed by atoms with Crippen molar-refractivity contribution in [2.24, 2.45) is 0 Å². The van der Waals surface area contributed by atoms with Gasteiger partial charge in [0.25, 0.3) is 5.91 Å². The fourth-order valence-electron chi connectivity index (χ4n) is 2.13. The molecule has 2 rings (SSSR count). The van der Waals surface area contributed by atoms with Crippen molar-refractivity contribution < 1.29 is 23.9 Å². The van der Waals surface area contributed by atoms with Gasteiger partial charge in [0.1, 0.15) is 5.75 Å². The summed E-state index contributed by atoms with van der Waals surface area (Å²) < 4.78 is 10.1. The van der Waals surface area contributed by atoms with E-state index in [1.54, 1.807) is 36.4 Å². The van der Waals surface area contributed by atoms with E-state index < -0.39 is 18.5 Å². The van der Waals surface area contributed by atoms with Gasteiger partial charge in [-0.05, 0) is 37.3 Å². The van der Waals surface area contributed by atoms with E-state index in [-0.39, 0.29) is 19.1 Å². The van der Waals surface area contributed by atoms with Crippen molar-refractivity contribution in [1.82, 2.24) is 4.90 Å². The van der Waals surface area contributed by atoms with Crippen LogP contribution in [-0.2, 0) is 19.1 Å². The molecule has 0 radical (unpaired) electrons. The summed E-state index contributed by atoms with van der Waals surface area (Å²) in [7, 11) is 1.45. The molecule has 0 atom stereocenters. The van der Waals surface area contributed by atoms with Crippen LogP contribution in [0.5, 0.6) is 5.75 Å². The summed E-state index contributed by atoms with van der Waals surface area (Å²) >= 11 is 5.82.